The Hall–Kier alpha value is -2.44. The molecule has 8 heteroatoms. The molecule has 0 atom stereocenters. The minimum atomic E-state index is 0.491. The van der Waals surface area contributed by atoms with Gasteiger partial charge in [0.15, 0.2) is 11.7 Å². The fourth-order valence-electron chi connectivity index (χ4n) is 2.46. The molecule has 0 aliphatic rings. The number of benzene rings is 1. The normalized spacial score (nSPS) is 11.6. The van der Waals surface area contributed by atoms with Crippen molar-refractivity contribution >= 4 is 29.2 Å². The van der Waals surface area contributed by atoms with Crippen LogP contribution in [0.1, 0.15) is 11.4 Å². The molecule has 0 aliphatic carbocycles. The molecule has 2 heterocycles. The Kier molecular flexibility index (Phi) is 5.85. The number of aliphatic imine (C=N–C) groups is 1. The first-order valence-corrected chi connectivity index (χ1v) is 8.79. The number of nitrogens with zero attached hydrogens (tertiary/aromatic N) is 3. The molecule has 0 aliphatic heterocycles. The summed E-state index contributed by atoms with van der Waals surface area (Å²) in [5.41, 5.74) is 2.73. The Morgan fingerprint density at radius 2 is 1.88 bits per heavy atom. The van der Waals surface area contributed by atoms with E-state index < -0.39 is 0 Å². The second-order valence-electron chi connectivity index (χ2n) is 5.66. The van der Waals surface area contributed by atoms with Crippen LogP contribution in [0.4, 0.5) is 0 Å². The van der Waals surface area contributed by atoms with Crippen molar-refractivity contribution in [3.8, 4) is 11.3 Å². The summed E-state index contributed by atoms with van der Waals surface area (Å²) in [7, 11) is 3.57. The van der Waals surface area contributed by atoms with E-state index in [0.717, 1.165) is 22.7 Å². The van der Waals surface area contributed by atoms with E-state index in [2.05, 4.69) is 20.8 Å². The van der Waals surface area contributed by atoms with Gasteiger partial charge in [-0.25, -0.2) is 0 Å². The Morgan fingerprint density at radius 3 is 2.54 bits per heavy atom. The molecule has 0 spiro atoms. The lowest BCUT2D eigenvalue weighted by atomic mass is 10.2. The first-order valence-electron chi connectivity index (χ1n) is 8.03. The number of hydrogen-bond acceptors (Lipinski definition) is 3. The van der Waals surface area contributed by atoms with Crippen LogP contribution in [0.3, 0.4) is 0 Å². The number of guanidine groups is 1. The second-order valence-corrected chi connectivity index (χ2v) is 6.43. The van der Waals surface area contributed by atoms with E-state index >= 15 is 0 Å². The third-order valence-electron chi connectivity index (χ3n) is 3.93. The zero-order valence-electron chi connectivity index (χ0n) is 14.5. The molecule has 136 valence electrons. The lowest BCUT2D eigenvalue weighted by Gasteiger charge is -2.11. The van der Waals surface area contributed by atoms with Crippen LogP contribution in [-0.2, 0) is 20.1 Å². The summed E-state index contributed by atoms with van der Waals surface area (Å²) in [6.45, 7) is 1.03. The third-order valence-corrected chi connectivity index (χ3v) is 4.77. The molecule has 3 rings (SSSR count). The van der Waals surface area contributed by atoms with Gasteiger partial charge in [-0.05, 0) is 6.07 Å². The summed E-state index contributed by atoms with van der Waals surface area (Å²) in [5, 5.41) is 11.6. The zero-order chi connectivity index (χ0) is 18.5. The van der Waals surface area contributed by atoms with E-state index in [1.54, 1.807) is 7.05 Å². The van der Waals surface area contributed by atoms with Crippen molar-refractivity contribution in [2.45, 2.75) is 13.1 Å². The summed E-state index contributed by atoms with van der Waals surface area (Å²) in [4.78, 5) is 4.20. The molecule has 0 fully saturated rings. The Bertz CT molecular complexity index is 902. The molecule has 26 heavy (non-hydrogen) atoms. The van der Waals surface area contributed by atoms with Crippen molar-refractivity contribution in [2.75, 3.05) is 7.05 Å². The Labute approximate surface area is 161 Å². The van der Waals surface area contributed by atoms with Gasteiger partial charge < -0.3 is 19.7 Å². The van der Waals surface area contributed by atoms with Gasteiger partial charge >= 0.3 is 0 Å². The summed E-state index contributed by atoms with van der Waals surface area (Å²) < 4.78 is 7.22. The molecule has 0 amide bonds. The van der Waals surface area contributed by atoms with E-state index in [-0.39, 0.29) is 0 Å². The van der Waals surface area contributed by atoms with Crippen molar-refractivity contribution in [1.29, 1.82) is 0 Å². The fraction of sp³-hybridized carbons (Fsp3) is 0.222. The van der Waals surface area contributed by atoms with E-state index in [0.29, 0.717) is 29.2 Å². The summed E-state index contributed by atoms with van der Waals surface area (Å²) in [6.07, 6.45) is 0. The van der Waals surface area contributed by atoms with Gasteiger partial charge in [-0.1, -0.05) is 58.7 Å². The molecule has 3 aromatic rings. The maximum Gasteiger partial charge on any atom is 0.191 e. The van der Waals surface area contributed by atoms with Crippen molar-refractivity contribution < 1.29 is 4.52 Å². The van der Waals surface area contributed by atoms with Crippen LogP contribution in [0.2, 0.25) is 10.2 Å². The topological polar surface area (TPSA) is 67.4 Å². The van der Waals surface area contributed by atoms with Crippen LogP contribution < -0.4 is 10.6 Å². The van der Waals surface area contributed by atoms with Crippen molar-refractivity contribution in [3.63, 3.8) is 0 Å². The predicted octanol–water partition coefficient (Wildman–Crippen LogP) is 3.85. The number of rotatable bonds is 5. The van der Waals surface area contributed by atoms with Crippen LogP contribution >= 0.6 is 23.2 Å². The maximum atomic E-state index is 6.08. The highest BCUT2D eigenvalue weighted by molar-refractivity contribution is 6.41. The van der Waals surface area contributed by atoms with Crippen molar-refractivity contribution in [2.24, 2.45) is 12.0 Å². The largest absolute Gasteiger partial charge is 0.356 e. The SMILES string of the molecule is CN=C(NCc1cc(-c2ccccc2)on1)NCc1cc(Cl)c(Cl)n1C. The summed E-state index contributed by atoms with van der Waals surface area (Å²) in [5.74, 6) is 1.38. The molecule has 0 bridgehead atoms. The Balaban J connectivity index is 1.56. The van der Waals surface area contributed by atoms with E-state index in [1.807, 2.05) is 54.1 Å². The van der Waals surface area contributed by atoms with E-state index in [1.165, 1.54) is 0 Å². The minimum absolute atomic E-state index is 0.491. The van der Waals surface area contributed by atoms with Crippen LogP contribution in [0.25, 0.3) is 11.3 Å². The predicted molar refractivity (Wildman–Crippen MR) is 104 cm³/mol. The number of halogens is 2. The smallest absolute Gasteiger partial charge is 0.191 e. The van der Waals surface area contributed by atoms with Gasteiger partial charge in [0, 0.05) is 31.4 Å². The highest BCUT2D eigenvalue weighted by atomic mass is 35.5. The molecule has 6 nitrogen and oxygen atoms in total. The molecule has 0 unspecified atom stereocenters. The Morgan fingerprint density at radius 1 is 1.15 bits per heavy atom. The average molecular weight is 392 g/mol. The third kappa shape index (κ3) is 4.20. The second kappa shape index (κ2) is 8.29. The molecule has 2 aromatic heterocycles. The quantitative estimate of drug-likeness (QED) is 0.511. The van der Waals surface area contributed by atoms with Crippen molar-refractivity contribution in [1.82, 2.24) is 20.4 Å². The fourth-order valence-corrected chi connectivity index (χ4v) is 2.88. The van der Waals surface area contributed by atoms with Gasteiger partial charge in [-0.15, -0.1) is 0 Å². The standard InChI is InChI=1S/C18H19Cl2N5O/c1-21-18(23-11-14-9-15(19)17(20)25(14)2)22-10-13-8-16(26-24-13)12-6-4-3-5-7-12/h3-9H,10-11H2,1-2H3,(H2,21,22,23). The lowest BCUT2D eigenvalue weighted by molar-refractivity contribution is 0.422. The van der Waals surface area contributed by atoms with Gasteiger partial charge in [0.25, 0.3) is 0 Å². The summed E-state index contributed by atoms with van der Waals surface area (Å²) >= 11 is 12.1. The molecule has 1 aromatic carbocycles. The number of aromatic nitrogens is 2. The van der Waals surface area contributed by atoms with Gasteiger partial charge in [0.05, 0.1) is 18.1 Å². The van der Waals surface area contributed by atoms with Crippen LogP contribution in [0.15, 0.2) is 52.0 Å². The zero-order valence-corrected chi connectivity index (χ0v) is 16.0. The molecule has 0 saturated heterocycles. The average Bonchev–Trinajstić information content (AvgIpc) is 3.23. The van der Waals surface area contributed by atoms with Gasteiger partial charge in [0.2, 0.25) is 0 Å². The first kappa shape index (κ1) is 18.4. The molecular weight excluding hydrogens is 373 g/mol. The van der Waals surface area contributed by atoms with Crippen molar-refractivity contribution in [3.05, 3.63) is 64.0 Å². The van der Waals surface area contributed by atoms with E-state index in [4.69, 9.17) is 27.7 Å². The van der Waals surface area contributed by atoms with Gasteiger partial charge in [0.1, 0.15) is 10.8 Å². The maximum absolute atomic E-state index is 6.08. The monoisotopic (exact) mass is 391 g/mol. The molecular formula is C18H19Cl2N5O. The number of hydrogen-bond donors (Lipinski definition) is 2. The summed E-state index contributed by atoms with van der Waals surface area (Å²) in [6, 6.07) is 13.6. The number of nitrogens with one attached hydrogen (secondary N) is 2. The van der Waals surface area contributed by atoms with Gasteiger partial charge in [-0.2, -0.15) is 0 Å². The van der Waals surface area contributed by atoms with Crippen LogP contribution in [0, 0.1) is 0 Å². The highest BCUT2D eigenvalue weighted by Crippen LogP contribution is 2.25. The van der Waals surface area contributed by atoms with E-state index in [9.17, 15) is 0 Å². The first-order chi connectivity index (χ1) is 12.6. The molecule has 2 N–H and O–H groups in total. The van der Waals surface area contributed by atoms with Crippen LogP contribution in [-0.4, -0.2) is 22.7 Å². The van der Waals surface area contributed by atoms with Crippen LogP contribution in [0.5, 0.6) is 0 Å². The molecule has 0 radical (unpaired) electrons. The van der Waals surface area contributed by atoms with Gasteiger partial charge in [-0.3, -0.25) is 4.99 Å². The highest BCUT2D eigenvalue weighted by Gasteiger charge is 2.10. The minimum Gasteiger partial charge on any atom is -0.356 e. The lowest BCUT2D eigenvalue weighted by Crippen LogP contribution is -2.36. The molecule has 0 saturated carbocycles.